The molecule has 1 atom stereocenters. The summed E-state index contributed by atoms with van der Waals surface area (Å²) in [7, 11) is 0. The summed E-state index contributed by atoms with van der Waals surface area (Å²) < 4.78 is 0. The van der Waals surface area contributed by atoms with Gasteiger partial charge in [0.05, 0.1) is 0 Å². The zero-order valence-electron chi connectivity index (χ0n) is 12.3. The molecule has 1 aliphatic heterocycles. The van der Waals surface area contributed by atoms with Gasteiger partial charge in [-0.05, 0) is 25.7 Å². The largest absolute Gasteiger partial charge is 0.480 e. The fraction of sp³-hybridized carbons (Fsp3) is 0.786. The Morgan fingerprint density at radius 1 is 1.25 bits per heavy atom. The highest BCUT2D eigenvalue weighted by molar-refractivity contribution is 5.89. The van der Waals surface area contributed by atoms with E-state index in [9.17, 15) is 14.4 Å². The van der Waals surface area contributed by atoms with Crippen LogP contribution >= 0.6 is 0 Å². The zero-order chi connectivity index (χ0) is 15.1. The molecular weight excluding hydrogens is 260 g/mol. The molecule has 1 rings (SSSR count). The second-order valence-electron chi connectivity index (χ2n) is 5.11. The Bertz CT molecular complexity index is 370. The summed E-state index contributed by atoms with van der Waals surface area (Å²) in [6.07, 6.45) is 3.51. The Hall–Kier alpha value is -1.59. The molecular formula is C14H24N2O4. The number of hydrogen-bond acceptors (Lipinski definition) is 3. The van der Waals surface area contributed by atoms with Crippen LogP contribution in [0.15, 0.2) is 0 Å². The molecule has 0 aromatic rings. The maximum absolute atomic E-state index is 12.5. The van der Waals surface area contributed by atoms with Crippen molar-refractivity contribution in [2.75, 3.05) is 19.6 Å². The first-order valence-electron chi connectivity index (χ1n) is 7.31. The van der Waals surface area contributed by atoms with Gasteiger partial charge in [-0.15, -0.1) is 0 Å². The van der Waals surface area contributed by atoms with Crippen molar-refractivity contribution in [3.63, 3.8) is 0 Å². The summed E-state index contributed by atoms with van der Waals surface area (Å²) in [6, 6.07) is -0.484. The van der Waals surface area contributed by atoms with E-state index < -0.39 is 12.0 Å². The van der Waals surface area contributed by atoms with E-state index in [2.05, 4.69) is 0 Å². The Morgan fingerprint density at radius 3 is 2.50 bits per heavy atom. The molecule has 1 saturated heterocycles. The molecule has 1 N–H and O–H groups in total. The zero-order valence-corrected chi connectivity index (χ0v) is 12.3. The SMILES string of the molecule is CCCN(CC(=O)O)C(=O)C1CCCCN1C(=O)CC. The molecule has 2 amide bonds. The maximum atomic E-state index is 12.5. The fourth-order valence-corrected chi connectivity index (χ4v) is 2.60. The van der Waals surface area contributed by atoms with Crippen molar-refractivity contribution in [1.29, 1.82) is 0 Å². The summed E-state index contributed by atoms with van der Waals surface area (Å²) in [4.78, 5) is 38.3. The van der Waals surface area contributed by atoms with Crippen molar-refractivity contribution in [3.8, 4) is 0 Å². The van der Waals surface area contributed by atoms with Crippen LogP contribution in [-0.2, 0) is 14.4 Å². The topological polar surface area (TPSA) is 77.9 Å². The molecule has 1 fully saturated rings. The summed E-state index contributed by atoms with van der Waals surface area (Å²) >= 11 is 0. The van der Waals surface area contributed by atoms with Gasteiger partial charge in [-0.25, -0.2) is 0 Å². The number of piperidine rings is 1. The lowest BCUT2D eigenvalue weighted by molar-refractivity contribution is -0.151. The highest BCUT2D eigenvalue weighted by atomic mass is 16.4. The molecule has 0 aliphatic carbocycles. The molecule has 0 spiro atoms. The Morgan fingerprint density at radius 2 is 1.95 bits per heavy atom. The van der Waals surface area contributed by atoms with E-state index in [0.717, 1.165) is 12.8 Å². The van der Waals surface area contributed by atoms with Crippen molar-refractivity contribution in [2.24, 2.45) is 0 Å². The molecule has 1 heterocycles. The first kappa shape index (κ1) is 16.5. The minimum absolute atomic E-state index is 0.0326. The van der Waals surface area contributed by atoms with Crippen LogP contribution in [0.3, 0.4) is 0 Å². The van der Waals surface area contributed by atoms with Gasteiger partial charge in [-0.2, -0.15) is 0 Å². The maximum Gasteiger partial charge on any atom is 0.323 e. The molecule has 6 nitrogen and oxygen atoms in total. The van der Waals surface area contributed by atoms with Crippen LogP contribution in [0, 0.1) is 0 Å². The molecule has 114 valence electrons. The number of rotatable bonds is 6. The van der Waals surface area contributed by atoms with Gasteiger partial charge in [-0.3, -0.25) is 14.4 Å². The predicted octanol–water partition coefficient (Wildman–Crippen LogP) is 1.10. The van der Waals surface area contributed by atoms with E-state index in [0.29, 0.717) is 32.4 Å². The van der Waals surface area contributed by atoms with Crippen molar-refractivity contribution >= 4 is 17.8 Å². The summed E-state index contributed by atoms with van der Waals surface area (Å²) in [6.45, 7) is 4.39. The van der Waals surface area contributed by atoms with Crippen LogP contribution in [-0.4, -0.2) is 58.4 Å². The second-order valence-corrected chi connectivity index (χ2v) is 5.11. The van der Waals surface area contributed by atoms with Gasteiger partial charge in [0.2, 0.25) is 11.8 Å². The third-order valence-electron chi connectivity index (χ3n) is 3.54. The quantitative estimate of drug-likeness (QED) is 0.792. The van der Waals surface area contributed by atoms with Gasteiger partial charge in [-0.1, -0.05) is 13.8 Å². The average molecular weight is 284 g/mol. The molecule has 1 unspecified atom stereocenters. The van der Waals surface area contributed by atoms with E-state index >= 15 is 0 Å². The molecule has 20 heavy (non-hydrogen) atoms. The minimum atomic E-state index is -1.02. The van der Waals surface area contributed by atoms with E-state index in [1.165, 1.54) is 4.90 Å². The Balaban J connectivity index is 2.83. The number of amides is 2. The van der Waals surface area contributed by atoms with Gasteiger partial charge >= 0.3 is 5.97 Å². The van der Waals surface area contributed by atoms with Crippen molar-refractivity contribution < 1.29 is 19.5 Å². The average Bonchev–Trinajstić information content (AvgIpc) is 2.44. The van der Waals surface area contributed by atoms with E-state index in [1.807, 2.05) is 6.92 Å². The fourth-order valence-electron chi connectivity index (χ4n) is 2.60. The number of carbonyl (C=O) groups excluding carboxylic acids is 2. The van der Waals surface area contributed by atoms with Gasteiger partial charge in [0.25, 0.3) is 0 Å². The molecule has 6 heteroatoms. The van der Waals surface area contributed by atoms with E-state index in [4.69, 9.17) is 5.11 Å². The molecule has 0 aromatic heterocycles. The van der Waals surface area contributed by atoms with Crippen molar-refractivity contribution in [3.05, 3.63) is 0 Å². The standard InChI is InChI=1S/C14H24N2O4/c1-3-8-15(10-13(18)19)14(20)11-7-5-6-9-16(11)12(17)4-2/h11H,3-10H2,1-2H3,(H,18,19). The van der Waals surface area contributed by atoms with Crippen LogP contribution in [0.2, 0.25) is 0 Å². The monoisotopic (exact) mass is 284 g/mol. The first-order chi connectivity index (χ1) is 9.51. The van der Waals surface area contributed by atoms with E-state index in [-0.39, 0.29) is 18.4 Å². The third-order valence-corrected chi connectivity index (χ3v) is 3.54. The minimum Gasteiger partial charge on any atom is -0.480 e. The smallest absolute Gasteiger partial charge is 0.323 e. The number of aliphatic carboxylic acids is 1. The summed E-state index contributed by atoms with van der Waals surface area (Å²) in [5.74, 6) is -1.28. The molecule has 0 aromatic carbocycles. The van der Waals surface area contributed by atoms with Crippen LogP contribution in [0.1, 0.15) is 46.0 Å². The van der Waals surface area contributed by atoms with Crippen molar-refractivity contribution in [2.45, 2.75) is 52.0 Å². The number of hydrogen-bond donors (Lipinski definition) is 1. The normalized spacial score (nSPS) is 18.7. The Kier molecular flexibility index (Phi) is 6.48. The van der Waals surface area contributed by atoms with Crippen LogP contribution < -0.4 is 0 Å². The lowest BCUT2D eigenvalue weighted by Gasteiger charge is -2.37. The second kappa shape index (κ2) is 7.87. The molecule has 0 bridgehead atoms. The highest BCUT2D eigenvalue weighted by Gasteiger charge is 2.34. The van der Waals surface area contributed by atoms with Gasteiger partial charge in [0.15, 0.2) is 0 Å². The molecule has 1 aliphatic rings. The van der Waals surface area contributed by atoms with Gasteiger partial charge < -0.3 is 14.9 Å². The summed E-state index contributed by atoms with van der Waals surface area (Å²) in [5.41, 5.74) is 0. The number of carboxylic acid groups (broad SMARTS) is 1. The van der Waals surface area contributed by atoms with Gasteiger partial charge in [0.1, 0.15) is 12.6 Å². The van der Waals surface area contributed by atoms with Crippen molar-refractivity contribution in [1.82, 2.24) is 9.80 Å². The summed E-state index contributed by atoms with van der Waals surface area (Å²) in [5, 5.41) is 8.90. The molecule has 0 radical (unpaired) electrons. The molecule has 0 saturated carbocycles. The van der Waals surface area contributed by atoms with Crippen LogP contribution in [0.5, 0.6) is 0 Å². The van der Waals surface area contributed by atoms with Crippen LogP contribution in [0.25, 0.3) is 0 Å². The number of likely N-dealkylation sites (tertiary alicyclic amines) is 1. The highest BCUT2D eigenvalue weighted by Crippen LogP contribution is 2.20. The number of carboxylic acids is 1. The van der Waals surface area contributed by atoms with Gasteiger partial charge in [0, 0.05) is 19.5 Å². The third kappa shape index (κ3) is 4.21. The lowest BCUT2D eigenvalue weighted by atomic mass is 10.00. The predicted molar refractivity (Wildman–Crippen MR) is 74.1 cm³/mol. The van der Waals surface area contributed by atoms with Crippen LogP contribution in [0.4, 0.5) is 0 Å². The lowest BCUT2D eigenvalue weighted by Crippen LogP contribution is -2.53. The Labute approximate surface area is 119 Å². The number of nitrogens with zero attached hydrogens (tertiary/aromatic N) is 2. The van der Waals surface area contributed by atoms with E-state index in [1.54, 1.807) is 11.8 Å². The first-order valence-corrected chi connectivity index (χ1v) is 7.31. The number of carbonyl (C=O) groups is 3.